The molecule has 100 valence electrons. The van der Waals surface area contributed by atoms with Crippen molar-refractivity contribution in [3.8, 4) is 0 Å². The summed E-state index contributed by atoms with van der Waals surface area (Å²) in [6.07, 6.45) is 1.33. The van der Waals surface area contributed by atoms with Crippen molar-refractivity contribution in [1.82, 2.24) is 4.98 Å². The number of rotatable bonds is 3. The summed E-state index contributed by atoms with van der Waals surface area (Å²) in [6.45, 7) is 0. The Kier molecular flexibility index (Phi) is 4.35. The number of pyridine rings is 1. The fraction of sp³-hybridized carbons (Fsp3) is 0. The third-order valence-corrected chi connectivity index (χ3v) is 4.64. The smallest absolute Gasteiger partial charge is 0.262 e. The van der Waals surface area contributed by atoms with E-state index in [2.05, 4.69) is 25.6 Å². The van der Waals surface area contributed by atoms with Gasteiger partial charge >= 0.3 is 0 Å². The maximum absolute atomic E-state index is 12.1. The van der Waals surface area contributed by atoms with Crippen LogP contribution < -0.4 is 4.72 Å². The summed E-state index contributed by atoms with van der Waals surface area (Å²) in [6, 6.07) is 7.38. The number of halogens is 3. The molecule has 0 saturated heterocycles. The van der Waals surface area contributed by atoms with Crippen LogP contribution in [0.1, 0.15) is 0 Å². The molecule has 0 aliphatic heterocycles. The zero-order valence-corrected chi connectivity index (χ0v) is 13.2. The summed E-state index contributed by atoms with van der Waals surface area (Å²) in [5, 5.41) is 0.611. The van der Waals surface area contributed by atoms with Crippen LogP contribution in [0.2, 0.25) is 10.2 Å². The standard InChI is InChI=1S/C11H7BrCl2N2O2S/c12-9-5-7(13)1-2-10(9)16-19(17,18)8-3-4-15-11(14)6-8/h1-6,16H. The lowest BCUT2D eigenvalue weighted by Crippen LogP contribution is -2.13. The molecular weight excluding hydrogens is 375 g/mol. The molecule has 1 N–H and O–H groups in total. The zero-order valence-electron chi connectivity index (χ0n) is 9.27. The van der Waals surface area contributed by atoms with Crippen molar-refractivity contribution < 1.29 is 8.42 Å². The van der Waals surface area contributed by atoms with Gasteiger partial charge in [0.2, 0.25) is 0 Å². The Balaban J connectivity index is 2.36. The van der Waals surface area contributed by atoms with Crippen LogP contribution in [-0.4, -0.2) is 13.4 Å². The summed E-state index contributed by atoms with van der Waals surface area (Å²) in [4.78, 5) is 3.77. The van der Waals surface area contributed by atoms with E-state index in [1.807, 2.05) is 0 Å². The molecule has 0 aliphatic rings. The van der Waals surface area contributed by atoms with Crippen molar-refractivity contribution in [2.24, 2.45) is 0 Å². The molecule has 1 aromatic carbocycles. The quantitative estimate of drug-likeness (QED) is 0.818. The predicted molar refractivity (Wildman–Crippen MR) is 79.2 cm³/mol. The number of nitrogens with one attached hydrogen (secondary N) is 1. The first-order valence-corrected chi connectivity index (χ1v) is 8.01. The van der Waals surface area contributed by atoms with Crippen LogP contribution in [0.4, 0.5) is 5.69 Å². The molecule has 19 heavy (non-hydrogen) atoms. The number of anilines is 1. The van der Waals surface area contributed by atoms with Crippen LogP contribution in [0, 0.1) is 0 Å². The lowest BCUT2D eigenvalue weighted by molar-refractivity contribution is 0.601. The van der Waals surface area contributed by atoms with E-state index in [1.54, 1.807) is 18.2 Å². The third-order valence-electron chi connectivity index (χ3n) is 2.18. The molecule has 0 fully saturated rings. The van der Waals surface area contributed by atoms with Gasteiger partial charge in [-0.2, -0.15) is 0 Å². The molecule has 0 atom stereocenters. The minimum absolute atomic E-state index is 0.0364. The minimum atomic E-state index is -3.72. The molecule has 0 bridgehead atoms. The van der Waals surface area contributed by atoms with Gasteiger partial charge in [-0.1, -0.05) is 23.2 Å². The summed E-state index contributed by atoms with van der Waals surface area (Å²) < 4.78 is 27.3. The van der Waals surface area contributed by atoms with Crippen molar-refractivity contribution in [3.63, 3.8) is 0 Å². The topological polar surface area (TPSA) is 59.1 Å². The number of nitrogens with zero attached hydrogens (tertiary/aromatic N) is 1. The zero-order chi connectivity index (χ0) is 14.0. The van der Waals surface area contributed by atoms with E-state index in [0.717, 1.165) is 0 Å². The molecule has 2 aromatic rings. The molecule has 1 heterocycles. The van der Waals surface area contributed by atoms with Crippen LogP contribution in [0.5, 0.6) is 0 Å². The van der Waals surface area contributed by atoms with Gasteiger partial charge in [0.25, 0.3) is 10.0 Å². The Morgan fingerprint density at radius 1 is 1.16 bits per heavy atom. The number of hydrogen-bond acceptors (Lipinski definition) is 3. The predicted octanol–water partition coefficient (Wildman–Crippen LogP) is 3.95. The fourth-order valence-corrected chi connectivity index (χ4v) is 3.57. The molecule has 2 rings (SSSR count). The molecule has 0 aliphatic carbocycles. The van der Waals surface area contributed by atoms with Crippen molar-refractivity contribution in [2.45, 2.75) is 4.90 Å². The summed E-state index contributed by atoms with van der Waals surface area (Å²) in [7, 11) is -3.72. The van der Waals surface area contributed by atoms with Crippen molar-refractivity contribution in [2.75, 3.05) is 4.72 Å². The van der Waals surface area contributed by atoms with Crippen LogP contribution in [-0.2, 0) is 10.0 Å². The molecule has 0 saturated carbocycles. The Bertz CT molecular complexity index is 722. The highest BCUT2D eigenvalue weighted by Crippen LogP contribution is 2.28. The van der Waals surface area contributed by atoms with E-state index >= 15 is 0 Å². The van der Waals surface area contributed by atoms with Gasteiger partial charge in [-0.15, -0.1) is 0 Å². The van der Waals surface area contributed by atoms with Crippen molar-refractivity contribution >= 4 is 54.8 Å². The first-order valence-electron chi connectivity index (χ1n) is 4.98. The molecule has 1 aromatic heterocycles. The molecule has 8 heteroatoms. The average molecular weight is 382 g/mol. The largest absolute Gasteiger partial charge is 0.278 e. The van der Waals surface area contributed by atoms with Gasteiger partial charge in [0.15, 0.2) is 0 Å². The number of aromatic nitrogens is 1. The van der Waals surface area contributed by atoms with E-state index in [4.69, 9.17) is 23.2 Å². The highest BCUT2D eigenvalue weighted by atomic mass is 79.9. The molecule has 0 radical (unpaired) electrons. The lowest BCUT2D eigenvalue weighted by Gasteiger charge is -2.10. The van der Waals surface area contributed by atoms with Gasteiger partial charge in [-0.25, -0.2) is 13.4 Å². The van der Waals surface area contributed by atoms with Crippen LogP contribution in [0.15, 0.2) is 45.9 Å². The Morgan fingerprint density at radius 3 is 2.53 bits per heavy atom. The van der Waals surface area contributed by atoms with Gasteiger partial charge in [-0.05, 0) is 46.3 Å². The SMILES string of the molecule is O=S(=O)(Nc1ccc(Cl)cc1Br)c1ccnc(Cl)c1. The maximum Gasteiger partial charge on any atom is 0.262 e. The van der Waals surface area contributed by atoms with Gasteiger partial charge < -0.3 is 0 Å². The fourth-order valence-electron chi connectivity index (χ4n) is 1.33. The summed E-state index contributed by atoms with van der Waals surface area (Å²) in [5.41, 5.74) is 0.386. The minimum Gasteiger partial charge on any atom is -0.278 e. The summed E-state index contributed by atoms with van der Waals surface area (Å²) >= 11 is 14.7. The molecule has 0 unspecified atom stereocenters. The number of sulfonamides is 1. The summed E-state index contributed by atoms with van der Waals surface area (Å²) in [5.74, 6) is 0. The van der Waals surface area contributed by atoms with Gasteiger partial charge in [-0.3, -0.25) is 4.72 Å². The Labute approximate surface area is 128 Å². The van der Waals surface area contributed by atoms with E-state index in [9.17, 15) is 8.42 Å². The van der Waals surface area contributed by atoms with Crippen molar-refractivity contribution in [3.05, 3.63) is 51.2 Å². The van der Waals surface area contributed by atoms with E-state index in [0.29, 0.717) is 15.2 Å². The monoisotopic (exact) mass is 380 g/mol. The van der Waals surface area contributed by atoms with Gasteiger partial charge in [0.1, 0.15) is 5.15 Å². The Morgan fingerprint density at radius 2 is 1.89 bits per heavy atom. The van der Waals surface area contributed by atoms with E-state index in [-0.39, 0.29) is 10.0 Å². The van der Waals surface area contributed by atoms with Crippen LogP contribution in [0.3, 0.4) is 0 Å². The van der Waals surface area contributed by atoms with Crippen molar-refractivity contribution in [1.29, 1.82) is 0 Å². The number of hydrogen-bond donors (Lipinski definition) is 1. The highest BCUT2D eigenvalue weighted by molar-refractivity contribution is 9.10. The van der Waals surface area contributed by atoms with Crippen LogP contribution in [0.25, 0.3) is 0 Å². The van der Waals surface area contributed by atoms with Gasteiger partial charge in [0.05, 0.1) is 10.6 Å². The highest BCUT2D eigenvalue weighted by Gasteiger charge is 2.16. The maximum atomic E-state index is 12.1. The second-order valence-corrected chi connectivity index (χ2v) is 6.90. The normalized spacial score (nSPS) is 11.3. The second-order valence-electron chi connectivity index (χ2n) is 3.54. The van der Waals surface area contributed by atoms with E-state index < -0.39 is 10.0 Å². The Hall–Kier alpha value is -0.820. The molecule has 0 spiro atoms. The molecule has 0 amide bonds. The molecule has 4 nitrogen and oxygen atoms in total. The number of benzene rings is 1. The average Bonchev–Trinajstić information content (AvgIpc) is 2.33. The third kappa shape index (κ3) is 3.60. The second kappa shape index (κ2) is 5.66. The lowest BCUT2D eigenvalue weighted by atomic mass is 10.3. The molecular formula is C11H7BrCl2N2O2S. The first kappa shape index (κ1) is 14.6. The van der Waals surface area contributed by atoms with Crippen LogP contribution >= 0.6 is 39.1 Å². The van der Waals surface area contributed by atoms with E-state index in [1.165, 1.54) is 18.3 Å². The van der Waals surface area contributed by atoms with Gasteiger partial charge in [0, 0.05) is 15.7 Å². The first-order chi connectivity index (χ1) is 8.88.